The molecule has 184 valence electrons. The van der Waals surface area contributed by atoms with E-state index < -0.39 is 31.6 Å². The number of allylic oxidation sites excluding steroid dienone is 2. The minimum absolute atomic E-state index is 0.0390. The number of nitrogens with one attached hydrogen (secondary N) is 1. The van der Waals surface area contributed by atoms with Crippen molar-refractivity contribution in [3.63, 3.8) is 0 Å². The predicted molar refractivity (Wildman–Crippen MR) is 120 cm³/mol. The topological polar surface area (TPSA) is 146 Å². The zero-order chi connectivity index (χ0) is 24.6. The van der Waals surface area contributed by atoms with Crippen LogP contribution in [0.2, 0.25) is 0 Å². The first-order chi connectivity index (χ1) is 15.8. The molecule has 4 N–H and O–H groups in total. The Hall–Kier alpha value is -3.11. The summed E-state index contributed by atoms with van der Waals surface area (Å²) in [6.45, 7) is 3.28. The third-order valence-electron chi connectivity index (χ3n) is 4.39. The normalized spacial score (nSPS) is 11.9. The van der Waals surface area contributed by atoms with Crippen LogP contribution < -0.4 is 20.5 Å². The highest BCUT2D eigenvalue weighted by Crippen LogP contribution is 2.28. The number of primary amides is 1. The van der Waals surface area contributed by atoms with E-state index in [2.05, 4.69) is 31.3 Å². The van der Waals surface area contributed by atoms with Gasteiger partial charge in [-0.25, -0.2) is 4.79 Å². The Bertz CT molecular complexity index is 795. The summed E-state index contributed by atoms with van der Waals surface area (Å²) in [5, 5.41) is 11.8. The molecule has 33 heavy (non-hydrogen) atoms. The van der Waals surface area contributed by atoms with Gasteiger partial charge in [0, 0.05) is 13.0 Å². The SMILES string of the molecule is COc1cc(CNC(=O)CCCC/C=C/C(C)C)ccc1OC(=O)OCOC(CO)C(N)=O. The summed E-state index contributed by atoms with van der Waals surface area (Å²) in [4.78, 5) is 34.8. The number of unbranched alkanes of at least 4 members (excludes halogenated alkanes) is 2. The molecule has 1 rings (SSSR count). The van der Waals surface area contributed by atoms with E-state index in [1.165, 1.54) is 13.2 Å². The van der Waals surface area contributed by atoms with Crippen molar-refractivity contribution in [2.75, 3.05) is 20.5 Å². The van der Waals surface area contributed by atoms with Gasteiger partial charge >= 0.3 is 6.16 Å². The summed E-state index contributed by atoms with van der Waals surface area (Å²) < 4.78 is 19.8. The third-order valence-corrected chi connectivity index (χ3v) is 4.39. The number of carbonyl (C=O) groups is 3. The second kappa shape index (κ2) is 15.7. The standard InChI is InChI=1S/C23H34N2O8/c1-16(2)8-6-4-5-7-9-21(27)25-13-17-10-11-18(19(12-17)30-3)33-23(29)32-15-31-20(14-26)22(24)28/h6,8,10-12,16,20,26H,4-5,7,9,13-15H2,1-3H3,(H2,24,28)(H,25,27)/b8-6+. The van der Waals surface area contributed by atoms with Crippen molar-refractivity contribution < 1.29 is 38.4 Å². The lowest BCUT2D eigenvalue weighted by Crippen LogP contribution is -2.35. The van der Waals surface area contributed by atoms with Crippen molar-refractivity contribution in [2.45, 2.75) is 52.2 Å². The molecule has 0 fully saturated rings. The molecule has 0 aliphatic heterocycles. The number of amides is 2. The Morgan fingerprint density at radius 2 is 1.94 bits per heavy atom. The van der Waals surface area contributed by atoms with Gasteiger partial charge in [-0.15, -0.1) is 0 Å². The monoisotopic (exact) mass is 466 g/mol. The van der Waals surface area contributed by atoms with E-state index >= 15 is 0 Å². The number of rotatable bonds is 15. The second-order valence-electron chi connectivity index (χ2n) is 7.53. The lowest BCUT2D eigenvalue weighted by Gasteiger charge is -2.13. The van der Waals surface area contributed by atoms with Crippen LogP contribution in [0.15, 0.2) is 30.4 Å². The largest absolute Gasteiger partial charge is 0.516 e. The summed E-state index contributed by atoms with van der Waals surface area (Å²) in [6, 6.07) is 4.81. The Labute approximate surface area is 194 Å². The molecule has 1 aromatic carbocycles. The molecule has 2 amide bonds. The molecular formula is C23H34N2O8. The highest BCUT2D eigenvalue weighted by molar-refractivity contribution is 5.79. The number of nitrogens with two attached hydrogens (primary N) is 1. The van der Waals surface area contributed by atoms with E-state index in [1.54, 1.807) is 12.1 Å². The van der Waals surface area contributed by atoms with Gasteiger partial charge in [-0.05, 0) is 42.9 Å². The average molecular weight is 467 g/mol. The predicted octanol–water partition coefficient (Wildman–Crippen LogP) is 2.42. The Balaban J connectivity index is 2.44. The molecule has 0 saturated carbocycles. The summed E-state index contributed by atoms with van der Waals surface area (Å²) in [5.41, 5.74) is 5.75. The zero-order valence-electron chi connectivity index (χ0n) is 19.4. The van der Waals surface area contributed by atoms with E-state index in [0.29, 0.717) is 18.9 Å². The number of hydrogen-bond acceptors (Lipinski definition) is 8. The number of ether oxygens (including phenoxy) is 4. The van der Waals surface area contributed by atoms with Crippen LogP contribution in [0.3, 0.4) is 0 Å². The van der Waals surface area contributed by atoms with Gasteiger partial charge in [0.15, 0.2) is 24.4 Å². The van der Waals surface area contributed by atoms with Crippen LogP contribution in [0.1, 0.15) is 45.1 Å². The fourth-order valence-electron chi connectivity index (χ4n) is 2.62. The lowest BCUT2D eigenvalue weighted by atomic mass is 10.1. The van der Waals surface area contributed by atoms with Crippen LogP contribution in [0.25, 0.3) is 0 Å². The molecular weight excluding hydrogens is 432 g/mol. The Kier molecular flexibility index (Phi) is 13.2. The first-order valence-electron chi connectivity index (χ1n) is 10.7. The van der Waals surface area contributed by atoms with E-state index in [-0.39, 0.29) is 17.4 Å². The molecule has 0 saturated heterocycles. The summed E-state index contributed by atoms with van der Waals surface area (Å²) in [6.07, 6.45) is 5.11. The number of aliphatic hydroxyl groups excluding tert-OH is 1. The Morgan fingerprint density at radius 3 is 2.58 bits per heavy atom. The fourth-order valence-corrected chi connectivity index (χ4v) is 2.62. The molecule has 0 aliphatic carbocycles. The van der Waals surface area contributed by atoms with Gasteiger partial charge in [-0.3, -0.25) is 9.59 Å². The van der Waals surface area contributed by atoms with Crippen molar-refractivity contribution in [2.24, 2.45) is 11.7 Å². The minimum Gasteiger partial charge on any atom is -0.493 e. The smallest absolute Gasteiger partial charge is 0.493 e. The highest BCUT2D eigenvalue weighted by Gasteiger charge is 2.17. The summed E-state index contributed by atoms with van der Waals surface area (Å²) in [7, 11) is 1.41. The molecule has 0 spiro atoms. The number of benzene rings is 1. The van der Waals surface area contributed by atoms with Gasteiger partial charge in [0.2, 0.25) is 11.8 Å². The van der Waals surface area contributed by atoms with Crippen LogP contribution in [-0.4, -0.2) is 49.7 Å². The zero-order valence-corrected chi connectivity index (χ0v) is 19.4. The summed E-state index contributed by atoms with van der Waals surface area (Å²) >= 11 is 0. The molecule has 0 radical (unpaired) electrons. The van der Waals surface area contributed by atoms with Gasteiger partial charge in [-0.2, -0.15) is 0 Å². The number of aliphatic hydroxyl groups is 1. The maximum absolute atomic E-state index is 12.0. The molecule has 0 aromatic heterocycles. The number of hydrogen-bond donors (Lipinski definition) is 3. The molecule has 10 heteroatoms. The highest BCUT2D eigenvalue weighted by atomic mass is 16.8. The molecule has 1 aromatic rings. The molecule has 0 aliphatic rings. The first kappa shape index (κ1) is 27.9. The van der Waals surface area contributed by atoms with E-state index in [4.69, 9.17) is 29.8 Å². The van der Waals surface area contributed by atoms with Crippen LogP contribution in [0.4, 0.5) is 4.79 Å². The lowest BCUT2D eigenvalue weighted by molar-refractivity contribution is -0.141. The van der Waals surface area contributed by atoms with Crippen molar-refractivity contribution in [1.29, 1.82) is 0 Å². The van der Waals surface area contributed by atoms with Gasteiger partial charge < -0.3 is 35.1 Å². The van der Waals surface area contributed by atoms with E-state index in [1.807, 2.05) is 0 Å². The number of methoxy groups -OCH3 is 1. The summed E-state index contributed by atoms with van der Waals surface area (Å²) in [5.74, 6) is -0.0299. The quantitative estimate of drug-likeness (QED) is 0.117. The molecule has 1 unspecified atom stereocenters. The van der Waals surface area contributed by atoms with Gasteiger partial charge in [0.25, 0.3) is 0 Å². The van der Waals surface area contributed by atoms with Crippen LogP contribution in [0, 0.1) is 5.92 Å². The van der Waals surface area contributed by atoms with Crippen LogP contribution in [-0.2, 0) is 25.6 Å². The molecule has 10 nitrogen and oxygen atoms in total. The molecule has 0 bridgehead atoms. The van der Waals surface area contributed by atoms with Crippen LogP contribution in [0.5, 0.6) is 11.5 Å². The third kappa shape index (κ3) is 11.9. The maximum Gasteiger partial charge on any atom is 0.516 e. The van der Waals surface area contributed by atoms with Crippen molar-refractivity contribution in [1.82, 2.24) is 5.32 Å². The second-order valence-corrected chi connectivity index (χ2v) is 7.53. The van der Waals surface area contributed by atoms with Gasteiger partial charge in [-0.1, -0.05) is 32.1 Å². The van der Waals surface area contributed by atoms with Gasteiger partial charge in [0.1, 0.15) is 0 Å². The van der Waals surface area contributed by atoms with Gasteiger partial charge in [0.05, 0.1) is 13.7 Å². The van der Waals surface area contributed by atoms with Crippen LogP contribution >= 0.6 is 0 Å². The first-order valence-corrected chi connectivity index (χ1v) is 10.7. The fraction of sp³-hybridized carbons (Fsp3) is 0.522. The maximum atomic E-state index is 12.0. The Morgan fingerprint density at radius 1 is 1.18 bits per heavy atom. The van der Waals surface area contributed by atoms with E-state index in [0.717, 1.165) is 24.8 Å². The van der Waals surface area contributed by atoms with Crippen molar-refractivity contribution >= 4 is 18.0 Å². The molecule has 1 atom stereocenters. The minimum atomic E-state index is -1.29. The average Bonchev–Trinajstić information content (AvgIpc) is 2.77. The van der Waals surface area contributed by atoms with E-state index in [9.17, 15) is 14.4 Å². The van der Waals surface area contributed by atoms with Crippen molar-refractivity contribution in [3.8, 4) is 11.5 Å². The molecule has 0 heterocycles. The van der Waals surface area contributed by atoms with Crippen molar-refractivity contribution in [3.05, 3.63) is 35.9 Å². The number of carbonyl (C=O) groups excluding carboxylic acids is 3.